The first-order valence-electron chi connectivity index (χ1n) is 4.65. The summed E-state index contributed by atoms with van der Waals surface area (Å²) >= 11 is 0. The summed E-state index contributed by atoms with van der Waals surface area (Å²) in [7, 11) is 0. The van der Waals surface area contributed by atoms with Gasteiger partial charge in [-0.25, -0.2) is 0 Å². The maximum Gasteiger partial charge on any atom is 0.135 e. The van der Waals surface area contributed by atoms with Gasteiger partial charge in [0.2, 0.25) is 0 Å². The first kappa shape index (κ1) is 8.17. The number of hydrogen-bond acceptors (Lipinski definition) is 3. The highest BCUT2D eigenvalue weighted by atomic mass is 16.3. The third-order valence-electron chi connectivity index (χ3n) is 2.48. The third-order valence-corrected chi connectivity index (χ3v) is 2.48. The lowest BCUT2D eigenvalue weighted by atomic mass is 10.1. The molecule has 15 heavy (non-hydrogen) atoms. The first-order valence-corrected chi connectivity index (χ1v) is 4.65. The normalized spacial score (nSPS) is 11.2. The molecule has 0 saturated heterocycles. The van der Waals surface area contributed by atoms with Gasteiger partial charge in [-0.2, -0.15) is 0 Å². The van der Waals surface area contributed by atoms with Gasteiger partial charge < -0.3 is 15.3 Å². The Morgan fingerprint density at radius 1 is 0.933 bits per heavy atom. The molecule has 0 spiro atoms. The maximum atomic E-state index is 9.40. The van der Waals surface area contributed by atoms with Gasteiger partial charge in [0, 0.05) is 16.5 Å². The number of phenols is 1. The van der Waals surface area contributed by atoms with Gasteiger partial charge in [-0.1, -0.05) is 0 Å². The number of aromatic hydroxyl groups is 1. The SMILES string of the molecule is Nc1ccc2oc3ccc(O)cc3c2c1. The van der Waals surface area contributed by atoms with Crippen LogP contribution in [0.2, 0.25) is 0 Å². The highest BCUT2D eigenvalue weighted by molar-refractivity contribution is 6.06. The van der Waals surface area contributed by atoms with Crippen LogP contribution < -0.4 is 5.73 Å². The summed E-state index contributed by atoms with van der Waals surface area (Å²) in [5.41, 5.74) is 7.94. The molecular formula is C12H9NO2. The molecule has 0 fully saturated rings. The second-order valence-corrected chi connectivity index (χ2v) is 3.54. The smallest absolute Gasteiger partial charge is 0.135 e. The van der Waals surface area contributed by atoms with Crippen molar-refractivity contribution in [3.05, 3.63) is 36.4 Å². The predicted molar refractivity (Wildman–Crippen MR) is 59.8 cm³/mol. The molecule has 0 radical (unpaired) electrons. The number of hydrogen-bond donors (Lipinski definition) is 2. The van der Waals surface area contributed by atoms with E-state index >= 15 is 0 Å². The van der Waals surface area contributed by atoms with Gasteiger partial charge in [0.25, 0.3) is 0 Å². The largest absolute Gasteiger partial charge is 0.508 e. The van der Waals surface area contributed by atoms with E-state index in [4.69, 9.17) is 10.2 Å². The average molecular weight is 199 g/mol. The van der Waals surface area contributed by atoms with Crippen LogP contribution in [0, 0.1) is 0 Å². The first-order chi connectivity index (χ1) is 7.24. The number of nitrogen functional groups attached to an aromatic ring is 1. The van der Waals surface area contributed by atoms with Crippen LogP contribution in [0.15, 0.2) is 40.8 Å². The van der Waals surface area contributed by atoms with Crippen molar-refractivity contribution in [3.63, 3.8) is 0 Å². The minimum absolute atomic E-state index is 0.229. The standard InChI is InChI=1S/C12H9NO2/c13-7-1-3-11-9(5-7)10-6-8(14)2-4-12(10)15-11/h1-6,14H,13H2. The molecule has 0 aliphatic carbocycles. The Morgan fingerprint density at radius 2 is 1.60 bits per heavy atom. The highest BCUT2D eigenvalue weighted by Gasteiger charge is 2.07. The molecule has 3 aromatic rings. The number of rotatable bonds is 0. The van der Waals surface area contributed by atoms with Crippen molar-refractivity contribution in [1.82, 2.24) is 0 Å². The quantitative estimate of drug-likeness (QED) is 0.547. The van der Waals surface area contributed by atoms with Crippen LogP contribution in [0.25, 0.3) is 21.9 Å². The lowest BCUT2D eigenvalue weighted by Crippen LogP contribution is -1.81. The van der Waals surface area contributed by atoms with Gasteiger partial charge >= 0.3 is 0 Å². The van der Waals surface area contributed by atoms with Crippen LogP contribution in [-0.4, -0.2) is 5.11 Å². The Hall–Kier alpha value is -2.16. The van der Waals surface area contributed by atoms with E-state index < -0.39 is 0 Å². The summed E-state index contributed by atoms with van der Waals surface area (Å²) in [6.45, 7) is 0. The molecule has 1 aromatic heterocycles. The van der Waals surface area contributed by atoms with Crippen molar-refractivity contribution in [2.24, 2.45) is 0 Å². The van der Waals surface area contributed by atoms with Gasteiger partial charge in [0.1, 0.15) is 16.9 Å². The molecule has 0 amide bonds. The van der Waals surface area contributed by atoms with E-state index in [0.717, 1.165) is 21.9 Å². The van der Waals surface area contributed by atoms with Gasteiger partial charge in [-0.05, 0) is 36.4 Å². The van der Waals surface area contributed by atoms with Crippen molar-refractivity contribution in [3.8, 4) is 5.75 Å². The minimum atomic E-state index is 0.229. The molecule has 3 rings (SSSR count). The molecule has 1 heterocycles. The van der Waals surface area contributed by atoms with E-state index in [0.29, 0.717) is 5.69 Å². The Balaban J connectivity index is 2.55. The zero-order valence-corrected chi connectivity index (χ0v) is 7.90. The van der Waals surface area contributed by atoms with E-state index in [2.05, 4.69) is 0 Å². The fourth-order valence-electron chi connectivity index (χ4n) is 1.78. The molecule has 2 aromatic carbocycles. The topological polar surface area (TPSA) is 59.4 Å². The molecule has 3 N–H and O–H groups in total. The molecular weight excluding hydrogens is 190 g/mol. The van der Waals surface area contributed by atoms with Crippen LogP contribution in [0.1, 0.15) is 0 Å². The zero-order valence-electron chi connectivity index (χ0n) is 7.90. The zero-order chi connectivity index (χ0) is 10.4. The van der Waals surface area contributed by atoms with Crippen LogP contribution in [0.5, 0.6) is 5.75 Å². The molecule has 0 bridgehead atoms. The molecule has 0 aliphatic heterocycles. The molecule has 3 nitrogen and oxygen atoms in total. The number of benzene rings is 2. The summed E-state index contributed by atoms with van der Waals surface area (Å²) in [5, 5.41) is 11.2. The maximum absolute atomic E-state index is 9.40. The van der Waals surface area contributed by atoms with Crippen LogP contribution in [0.4, 0.5) is 5.69 Å². The summed E-state index contributed by atoms with van der Waals surface area (Å²) in [6, 6.07) is 10.5. The van der Waals surface area contributed by atoms with Crippen LogP contribution in [0.3, 0.4) is 0 Å². The highest BCUT2D eigenvalue weighted by Crippen LogP contribution is 2.31. The van der Waals surface area contributed by atoms with E-state index in [1.54, 1.807) is 24.3 Å². The lowest BCUT2D eigenvalue weighted by Gasteiger charge is -1.92. The number of fused-ring (bicyclic) bond motifs is 3. The Morgan fingerprint density at radius 3 is 2.40 bits per heavy atom. The van der Waals surface area contributed by atoms with Gasteiger partial charge in [-0.15, -0.1) is 0 Å². The lowest BCUT2D eigenvalue weighted by molar-refractivity contribution is 0.476. The summed E-state index contributed by atoms with van der Waals surface area (Å²) in [4.78, 5) is 0. The van der Waals surface area contributed by atoms with E-state index in [9.17, 15) is 5.11 Å². The molecule has 3 heteroatoms. The van der Waals surface area contributed by atoms with Crippen molar-refractivity contribution in [2.75, 3.05) is 5.73 Å². The number of phenolic OH excluding ortho intramolecular Hbond substituents is 1. The fourth-order valence-corrected chi connectivity index (χ4v) is 1.78. The number of furan rings is 1. The second-order valence-electron chi connectivity index (χ2n) is 3.54. The molecule has 74 valence electrons. The molecule has 0 saturated carbocycles. The summed E-state index contributed by atoms with van der Waals surface area (Å²) < 4.78 is 5.60. The van der Waals surface area contributed by atoms with Gasteiger partial charge in [-0.3, -0.25) is 0 Å². The van der Waals surface area contributed by atoms with Crippen molar-refractivity contribution < 1.29 is 9.52 Å². The van der Waals surface area contributed by atoms with Crippen LogP contribution in [-0.2, 0) is 0 Å². The number of nitrogens with two attached hydrogens (primary N) is 1. The fraction of sp³-hybridized carbons (Fsp3) is 0. The number of anilines is 1. The predicted octanol–water partition coefficient (Wildman–Crippen LogP) is 2.87. The van der Waals surface area contributed by atoms with Crippen molar-refractivity contribution >= 4 is 27.6 Å². The Bertz CT molecular complexity index is 599. The monoisotopic (exact) mass is 199 g/mol. The van der Waals surface area contributed by atoms with Crippen molar-refractivity contribution in [2.45, 2.75) is 0 Å². The Labute approximate surface area is 85.7 Å². The Kier molecular flexibility index (Phi) is 1.45. The second kappa shape index (κ2) is 2.67. The van der Waals surface area contributed by atoms with E-state index in [1.165, 1.54) is 0 Å². The van der Waals surface area contributed by atoms with Gasteiger partial charge in [0.05, 0.1) is 0 Å². The summed E-state index contributed by atoms with van der Waals surface area (Å²) in [5.74, 6) is 0.229. The summed E-state index contributed by atoms with van der Waals surface area (Å²) in [6.07, 6.45) is 0. The van der Waals surface area contributed by atoms with E-state index in [1.807, 2.05) is 12.1 Å². The average Bonchev–Trinajstić information content (AvgIpc) is 2.56. The van der Waals surface area contributed by atoms with Crippen molar-refractivity contribution in [1.29, 1.82) is 0 Å². The van der Waals surface area contributed by atoms with Crippen LogP contribution >= 0.6 is 0 Å². The van der Waals surface area contributed by atoms with E-state index in [-0.39, 0.29) is 5.75 Å². The van der Waals surface area contributed by atoms with Gasteiger partial charge in [0.15, 0.2) is 0 Å². The molecule has 0 unspecified atom stereocenters. The third kappa shape index (κ3) is 1.13. The molecule has 0 aliphatic rings. The minimum Gasteiger partial charge on any atom is -0.508 e. The molecule has 0 atom stereocenters.